The second kappa shape index (κ2) is 2.62. The van der Waals surface area contributed by atoms with Crippen molar-refractivity contribution >= 4 is 31.7 Å². The summed E-state index contributed by atoms with van der Waals surface area (Å²) >= 11 is 0.774. The molecule has 0 unspecified atom stereocenters. The fourth-order valence-corrected chi connectivity index (χ4v) is 0. The first-order valence-corrected chi connectivity index (χ1v) is 3.88. The molecule has 0 aromatic rings. The third-order valence-corrected chi connectivity index (χ3v) is 1.33. The molecule has 0 rings (SSSR count). The predicted molar refractivity (Wildman–Crippen MR) is 18.2 cm³/mol. The third-order valence-electron chi connectivity index (χ3n) is 0.151. The molecule has 0 aliphatic heterocycles. The molecule has 0 saturated carbocycles. The van der Waals surface area contributed by atoms with E-state index < -0.39 is 5.97 Å². The average molecular weight is 266 g/mol. The summed E-state index contributed by atoms with van der Waals surface area (Å²) < 4.78 is 0.361. The van der Waals surface area contributed by atoms with Crippen LogP contribution in [0, 0.1) is 0 Å². The molecule has 0 aromatic heterocycles. The molecule has 0 aliphatic rings. The van der Waals surface area contributed by atoms with E-state index in [4.69, 9.17) is 5.11 Å². The van der Waals surface area contributed by atoms with Crippen LogP contribution < -0.4 is 0 Å². The first-order chi connectivity index (χ1) is 2.27. The van der Waals surface area contributed by atoms with Gasteiger partial charge >= 0.3 is 45.6 Å². The van der Waals surface area contributed by atoms with Gasteiger partial charge in [0.2, 0.25) is 0 Å². The van der Waals surface area contributed by atoms with Crippen LogP contribution in [0.2, 0.25) is 3.98 Å². The molecule has 3 radical (unpaired) electrons. The van der Waals surface area contributed by atoms with Crippen LogP contribution >= 0.6 is 0 Å². The van der Waals surface area contributed by atoms with Crippen LogP contribution in [0.3, 0.4) is 0 Å². The van der Waals surface area contributed by atoms with E-state index in [-0.39, 0.29) is 0 Å². The fraction of sp³-hybridized carbons (Fsp3) is 0.500. The van der Waals surface area contributed by atoms with E-state index in [9.17, 15) is 4.79 Å². The number of carboxylic acids is 1. The van der Waals surface area contributed by atoms with Gasteiger partial charge in [-0.05, 0) is 0 Å². The van der Waals surface area contributed by atoms with E-state index in [1.807, 2.05) is 0 Å². The molecule has 0 fully saturated rings. The molecule has 0 heterocycles. The molecule has 27 valence electrons. The summed E-state index contributed by atoms with van der Waals surface area (Å²) in [5, 5.41) is 7.76. The van der Waals surface area contributed by atoms with Gasteiger partial charge < -0.3 is 0 Å². The maximum atomic E-state index is 9.40. The van der Waals surface area contributed by atoms with Gasteiger partial charge in [-0.2, -0.15) is 0 Å². The van der Waals surface area contributed by atoms with Gasteiger partial charge in [-0.15, -0.1) is 0 Å². The van der Waals surface area contributed by atoms with Crippen molar-refractivity contribution in [3.05, 3.63) is 0 Å². The zero-order chi connectivity index (χ0) is 4.28. The monoisotopic (exact) mass is 267 g/mol. The number of carbonyl (C=O) groups is 1. The summed E-state index contributed by atoms with van der Waals surface area (Å²) in [7, 11) is 0. The Bertz CT molecular complexity index is 42.9. The van der Waals surface area contributed by atoms with Gasteiger partial charge in [0.1, 0.15) is 0 Å². The number of aliphatic carboxylic acids is 1. The Morgan fingerprint density at radius 1 is 2.00 bits per heavy atom. The van der Waals surface area contributed by atoms with E-state index in [1.54, 1.807) is 0 Å². The molecule has 0 saturated heterocycles. The SMILES string of the molecule is O=C(O)[CH2][Pb]. The van der Waals surface area contributed by atoms with Crippen LogP contribution in [-0.2, 0) is 4.79 Å². The van der Waals surface area contributed by atoms with Crippen molar-refractivity contribution in [1.82, 2.24) is 0 Å². The van der Waals surface area contributed by atoms with Crippen molar-refractivity contribution in [1.29, 1.82) is 0 Å². The van der Waals surface area contributed by atoms with E-state index >= 15 is 0 Å². The minimum atomic E-state index is -0.684. The van der Waals surface area contributed by atoms with Gasteiger partial charge in [0.05, 0.1) is 0 Å². The van der Waals surface area contributed by atoms with Crippen molar-refractivity contribution < 1.29 is 9.90 Å². The first-order valence-electron chi connectivity index (χ1n) is 1.13. The molecule has 5 heavy (non-hydrogen) atoms. The minimum absolute atomic E-state index is 0.361. The summed E-state index contributed by atoms with van der Waals surface area (Å²) in [6, 6.07) is 0. The number of hydrogen-bond donors (Lipinski definition) is 1. The molecular weight excluding hydrogens is 263 g/mol. The van der Waals surface area contributed by atoms with Gasteiger partial charge in [-0.25, -0.2) is 0 Å². The summed E-state index contributed by atoms with van der Waals surface area (Å²) in [4.78, 5) is 9.40. The van der Waals surface area contributed by atoms with Gasteiger partial charge in [-0.3, -0.25) is 0 Å². The second-order valence-electron chi connectivity index (χ2n) is 0.571. The summed E-state index contributed by atoms with van der Waals surface area (Å²) in [5.41, 5.74) is 0. The Morgan fingerprint density at radius 2 is 2.20 bits per heavy atom. The zero-order valence-electron chi connectivity index (χ0n) is 2.56. The van der Waals surface area contributed by atoms with Crippen molar-refractivity contribution in [2.45, 2.75) is 3.98 Å². The van der Waals surface area contributed by atoms with Crippen LogP contribution in [0.5, 0.6) is 0 Å². The van der Waals surface area contributed by atoms with Crippen LogP contribution in [0.4, 0.5) is 0 Å². The van der Waals surface area contributed by atoms with Gasteiger partial charge in [0.25, 0.3) is 0 Å². The van der Waals surface area contributed by atoms with E-state index in [0.29, 0.717) is 3.98 Å². The quantitative estimate of drug-likeness (QED) is 0.659. The van der Waals surface area contributed by atoms with Crippen molar-refractivity contribution in [2.75, 3.05) is 0 Å². The Morgan fingerprint density at radius 3 is 2.20 bits per heavy atom. The molecule has 0 bridgehead atoms. The molecule has 0 spiro atoms. The Balaban J connectivity index is 2.85. The zero-order valence-corrected chi connectivity index (χ0v) is 6.45. The maximum absolute atomic E-state index is 9.40. The van der Waals surface area contributed by atoms with Gasteiger partial charge in [-0.1, -0.05) is 0 Å². The van der Waals surface area contributed by atoms with Gasteiger partial charge in [0, 0.05) is 0 Å². The summed E-state index contributed by atoms with van der Waals surface area (Å²) in [6.45, 7) is 0. The number of carboxylic acid groups (broad SMARTS) is 1. The molecular formula is C2H3O2Pb. The van der Waals surface area contributed by atoms with Crippen molar-refractivity contribution in [3.63, 3.8) is 0 Å². The first kappa shape index (κ1) is 5.39. The van der Waals surface area contributed by atoms with E-state index in [0.717, 1.165) is 25.8 Å². The van der Waals surface area contributed by atoms with Crippen LogP contribution in [0.25, 0.3) is 0 Å². The predicted octanol–water partition coefficient (Wildman–Crippen LogP) is -0.342. The normalized spacial score (nSPS) is 7.40. The summed E-state index contributed by atoms with van der Waals surface area (Å²) in [6.07, 6.45) is 0. The van der Waals surface area contributed by atoms with Crippen molar-refractivity contribution in [2.24, 2.45) is 0 Å². The average Bonchev–Trinajstić information content (AvgIpc) is 1.38. The van der Waals surface area contributed by atoms with Gasteiger partial charge in [0.15, 0.2) is 0 Å². The molecule has 2 nitrogen and oxygen atoms in total. The molecule has 0 amide bonds. The Hall–Kier alpha value is 0.392. The molecule has 0 atom stereocenters. The fourth-order valence-electron chi connectivity index (χ4n) is 0. The van der Waals surface area contributed by atoms with E-state index in [1.165, 1.54) is 0 Å². The third kappa shape index (κ3) is 4.39. The molecule has 1 N–H and O–H groups in total. The number of rotatable bonds is 1. The second-order valence-corrected chi connectivity index (χ2v) is 1.94. The van der Waals surface area contributed by atoms with Crippen molar-refractivity contribution in [3.8, 4) is 0 Å². The number of hydrogen-bond acceptors (Lipinski definition) is 1. The Labute approximate surface area is 45.9 Å². The molecule has 3 heteroatoms. The molecule has 0 aromatic carbocycles. The van der Waals surface area contributed by atoms with Crippen LogP contribution in [0.15, 0.2) is 0 Å². The van der Waals surface area contributed by atoms with Crippen LogP contribution in [0.1, 0.15) is 0 Å². The Kier molecular flexibility index (Phi) is 2.83. The van der Waals surface area contributed by atoms with E-state index in [2.05, 4.69) is 0 Å². The summed E-state index contributed by atoms with van der Waals surface area (Å²) in [5.74, 6) is -0.684. The van der Waals surface area contributed by atoms with Crippen LogP contribution in [-0.4, -0.2) is 36.8 Å². The standard InChI is InChI=1S/C2H3O2.Pb/c1-2(3)4;/h1H2,(H,3,4);. The molecule has 0 aliphatic carbocycles. The topological polar surface area (TPSA) is 37.3 Å².